The van der Waals surface area contributed by atoms with Crippen LogP contribution in [-0.2, 0) is 19.7 Å². The van der Waals surface area contributed by atoms with Gasteiger partial charge in [0.25, 0.3) is 5.91 Å². The average Bonchev–Trinajstić information content (AvgIpc) is 3.47. The Morgan fingerprint density at radius 3 is 2.68 bits per heavy atom. The van der Waals surface area contributed by atoms with Crippen LogP contribution in [0.2, 0.25) is 0 Å². The first-order valence-electron chi connectivity index (χ1n) is 13.1. The van der Waals surface area contributed by atoms with Crippen molar-refractivity contribution in [3.8, 4) is 0 Å². The van der Waals surface area contributed by atoms with E-state index in [9.17, 15) is 14.4 Å². The van der Waals surface area contributed by atoms with Crippen molar-refractivity contribution in [3.63, 3.8) is 0 Å². The van der Waals surface area contributed by atoms with E-state index in [1.54, 1.807) is 16.8 Å². The number of aromatic nitrogens is 2. The topological polar surface area (TPSA) is 114 Å². The minimum Gasteiger partial charge on any atom is -0.381 e. The highest BCUT2D eigenvalue weighted by Crippen LogP contribution is 2.45. The van der Waals surface area contributed by atoms with E-state index in [4.69, 9.17) is 4.74 Å². The number of amides is 3. The van der Waals surface area contributed by atoms with Crippen LogP contribution >= 0.6 is 0 Å². The van der Waals surface area contributed by atoms with Crippen molar-refractivity contribution in [1.82, 2.24) is 14.9 Å². The molecular formula is C28H31N5O4. The van der Waals surface area contributed by atoms with Gasteiger partial charge < -0.3 is 20.7 Å². The summed E-state index contributed by atoms with van der Waals surface area (Å²) in [6.07, 6.45) is 8.07. The molecular weight excluding hydrogens is 470 g/mol. The number of nitrogens with zero attached hydrogens (tertiary/aromatic N) is 2. The highest BCUT2D eigenvalue weighted by Gasteiger charge is 2.47. The Hall–Kier alpha value is -3.72. The van der Waals surface area contributed by atoms with Crippen molar-refractivity contribution in [3.05, 3.63) is 59.9 Å². The smallest absolute Gasteiger partial charge is 0.272 e. The predicted octanol–water partition coefficient (Wildman–Crippen LogP) is 3.65. The van der Waals surface area contributed by atoms with E-state index in [0.29, 0.717) is 31.7 Å². The maximum absolute atomic E-state index is 13.6. The SMILES string of the molecule is O=C(N[C@H](C(=O)Nc1ccc2c(c1)NC(=O)C21CCOCC1)C1CCCCC1)c1cc2ccccn2n1. The van der Waals surface area contributed by atoms with Crippen LogP contribution in [0.3, 0.4) is 0 Å². The number of hydrogen-bond acceptors (Lipinski definition) is 5. The van der Waals surface area contributed by atoms with Crippen LogP contribution in [-0.4, -0.2) is 46.6 Å². The molecule has 0 unspecified atom stereocenters. The largest absolute Gasteiger partial charge is 0.381 e. The molecule has 3 aromatic rings. The molecule has 1 aromatic carbocycles. The zero-order valence-corrected chi connectivity index (χ0v) is 20.7. The number of pyridine rings is 1. The molecule has 2 aliphatic heterocycles. The van der Waals surface area contributed by atoms with Crippen LogP contribution in [0.15, 0.2) is 48.7 Å². The summed E-state index contributed by atoms with van der Waals surface area (Å²) in [5.74, 6) is -0.574. The molecule has 9 heteroatoms. The van der Waals surface area contributed by atoms with E-state index in [2.05, 4.69) is 21.0 Å². The van der Waals surface area contributed by atoms with Crippen LogP contribution in [0.25, 0.3) is 5.52 Å². The molecule has 1 spiro atoms. The van der Waals surface area contributed by atoms with E-state index in [1.165, 1.54) is 0 Å². The minimum atomic E-state index is -0.678. The highest BCUT2D eigenvalue weighted by atomic mass is 16.5. The molecule has 6 rings (SSSR count). The van der Waals surface area contributed by atoms with Gasteiger partial charge in [-0.2, -0.15) is 5.10 Å². The number of anilines is 2. The van der Waals surface area contributed by atoms with Gasteiger partial charge in [0.05, 0.1) is 10.9 Å². The first-order chi connectivity index (χ1) is 18.0. The van der Waals surface area contributed by atoms with Gasteiger partial charge in [0.15, 0.2) is 5.69 Å². The summed E-state index contributed by atoms with van der Waals surface area (Å²) >= 11 is 0. The van der Waals surface area contributed by atoms with Gasteiger partial charge in [-0.1, -0.05) is 31.4 Å². The summed E-state index contributed by atoms with van der Waals surface area (Å²) in [7, 11) is 0. The Kier molecular flexibility index (Phi) is 6.16. The number of fused-ring (bicyclic) bond motifs is 3. The number of rotatable bonds is 5. The molecule has 1 atom stereocenters. The van der Waals surface area contributed by atoms with Crippen molar-refractivity contribution in [1.29, 1.82) is 0 Å². The maximum Gasteiger partial charge on any atom is 0.272 e. The minimum absolute atomic E-state index is 0.00548. The van der Waals surface area contributed by atoms with Crippen molar-refractivity contribution in [2.24, 2.45) is 5.92 Å². The fraction of sp³-hybridized carbons (Fsp3) is 0.429. The second-order valence-corrected chi connectivity index (χ2v) is 10.3. The van der Waals surface area contributed by atoms with Gasteiger partial charge in [0.1, 0.15) is 6.04 Å². The van der Waals surface area contributed by atoms with Crippen LogP contribution < -0.4 is 16.0 Å². The zero-order valence-electron chi connectivity index (χ0n) is 20.7. The maximum atomic E-state index is 13.6. The lowest BCUT2D eigenvalue weighted by Crippen LogP contribution is -2.49. The number of benzene rings is 1. The normalized spacial score (nSPS) is 19.8. The molecule has 2 fully saturated rings. The molecule has 3 amide bonds. The fourth-order valence-corrected chi connectivity index (χ4v) is 6.07. The second-order valence-electron chi connectivity index (χ2n) is 10.3. The summed E-state index contributed by atoms with van der Waals surface area (Å²) in [5.41, 5.74) is 2.82. The Morgan fingerprint density at radius 1 is 1.08 bits per heavy atom. The third-order valence-electron chi connectivity index (χ3n) is 8.12. The van der Waals surface area contributed by atoms with Crippen LogP contribution in [0.1, 0.15) is 61.0 Å². The average molecular weight is 502 g/mol. The van der Waals surface area contributed by atoms with E-state index < -0.39 is 11.5 Å². The van der Waals surface area contributed by atoms with Crippen molar-refractivity contribution >= 4 is 34.6 Å². The van der Waals surface area contributed by atoms with E-state index in [-0.39, 0.29) is 29.3 Å². The second kappa shape index (κ2) is 9.63. The molecule has 37 heavy (non-hydrogen) atoms. The van der Waals surface area contributed by atoms with Crippen molar-refractivity contribution in [2.75, 3.05) is 23.8 Å². The number of carbonyl (C=O) groups excluding carboxylic acids is 3. The molecule has 1 saturated heterocycles. The fourth-order valence-electron chi connectivity index (χ4n) is 6.07. The summed E-state index contributed by atoms with van der Waals surface area (Å²) in [6, 6.07) is 12.3. The molecule has 1 aliphatic carbocycles. The lowest BCUT2D eigenvalue weighted by molar-refractivity contribution is -0.124. The van der Waals surface area contributed by atoms with E-state index in [1.807, 2.05) is 36.4 Å². The molecule has 1 saturated carbocycles. The standard InChI is InChI=1S/C28H31N5O4/c34-25(23-17-20-8-4-5-13-33(20)32-23)31-24(18-6-2-1-3-7-18)26(35)29-19-9-10-21-22(16-19)30-27(36)28(21)11-14-37-15-12-28/h4-5,8-10,13,16-18,24H,1-3,6-7,11-12,14-15H2,(H,29,35)(H,30,36)(H,31,34)/t24-/m0/s1. The summed E-state index contributed by atoms with van der Waals surface area (Å²) in [6.45, 7) is 1.11. The van der Waals surface area contributed by atoms with Gasteiger partial charge in [-0.15, -0.1) is 0 Å². The Bertz CT molecular complexity index is 1320. The van der Waals surface area contributed by atoms with Crippen LogP contribution in [0.4, 0.5) is 11.4 Å². The third-order valence-corrected chi connectivity index (χ3v) is 8.12. The summed E-state index contributed by atoms with van der Waals surface area (Å²) < 4.78 is 7.13. The lowest BCUT2D eigenvalue weighted by atomic mass is 9.75. The molecule has 0 bridgehead atoms. The van der Waals surface area contributed by atoms with Crippen LogP contribution in [0, 0.1) is 5.92 Å². The number of hydrogen-bond donors (Lipinski definition) is 3. The zero-order chi connectivity index (χ0) is 25.4. The molecule has 0 radical (unpaired) electrons. The molecule has 192 valence electrons. The van der Waals surface area contributed by atoms with Gasteiger partial charge in [0, 0.05) is 30.8 Å². The first kappa shape index (κ1) is 23.7. The van der Waals surface area contributed by atoms with E-state index in [0.717, 1.165) is 48.9 Å². The Labute approximate surface area is 214 Å². The van der Waals surface area contributed by atoms with Gasteiger partial charge in [-0.05, 0) is 67.5 Å². The predicted molar refractivity (Wildman–Crippen MR) is 138 cm³/mol. The summed E-state index contributed by atoms with van der Waals surface area (Å²) in [5, 5.41) is 13.4. The Balaban J connectivity index is 1.22. The van der Waals surface area contributed by atoms with Crippen molar-refractivity contribution in [2.45, 2.75) is 56.4 Å². The molecule has 3 aliphatic rings. The monoisotopic (exact) mass is 501 g/mol. The molecule has 2 aromatic heterocycles. The molecule has 4 heterocycles. The number of carbonyl (C=O) groups is 3. The third kappa shape index (κ3) is 4.37. The van der Waals surface area contributed by atoms with Gasteiger partial charge in [-0.25, -0.2) is 4.52 Å². The number of ether oxygens (including phenoxy) is 1. The Morgan fingerprint density at radius 2 is 1.89 bits per heavy atom. The number of nitrogens with one attached hydrogen (secondary N) is 3. The first-order valence-corrected chi connectivity index (χ1v) is 13.1. The van der Waals surface area contributed by atoms with Gasteiger partial charge >= 0.3 is 0 Å². The quantitative estimate of drug-likeness (QED) is 0.494. The van der Waals surface area contributed by atoms with Crippen LogP contribution in [0.5, 0.6) is 0 Å². The van der Waals surface area contributed by atoms with Gasteiger partial charge in [-0.3, -0.25) is 14.4 Å². The lowest BCUT2D eigenvalue weighted by Gasteiger charge is -2.31. The molecule has 3 N–H and O–H groups in total. The van der Waals surface area contributed by atoms with E-state index >= 15 is 0 Å². The van der Waals surface area contributed by atoms with Crippen molar-refractivity contribution < 1.29 is 19.1 Å². The molecule has 9 nitrogen and oxygen atoms in total. The summed E-state index contributed by atoms with van der Waals surface area (Å²) in [4.78, 5) is 39.6. The highest BCUT2D eigenvalue weighted by molar-refractivity contribution is 6.07. The van der Waals surface area contributed by atoms with Gasteiger partial charge in [0.2, 0.25) is 11.8 Å².